The summed E-state index contributed by atoms with van der Waals surface area (Å²) < 4.78 is 7.61. The number of hydrogen-bond acceptors (Lipinski definition) is 4. The lowest BCUT2D eigenvalue weighted by Gasteiger charge is -2.24. The van der Waals surface area contributed by atoms with Gasteiger partial charge in [0.15, 0.2) is 5.65 Å². The number of ether oxygens (including phenoxy) is 1. The molecule has 1 aliphatic rings. The molecule has 2 aromatic heterocycles. The van der Waals surface area contributed by atoms with Crippen molar-refractivity contribution in [1.82, 2.24) is 19.4 Å². The fourth-order valence-corrected chi connectivity index (χ4v) is 4.34. The van der Waals surface area contributed by atoms with Gasteiger partial charge < -0.3 is 14.2 Å². The van der Waals surface area contributed by atoms with E-state index in [9.17, 15) is 4.79 Å². The number of amides is 1. The molecule has 0 atom stereocenters. The van der Waals surface area contributed by atoms with E-state index in [1.165, 1.54) is 12.8 Å². The Morgan fingerprint density at radius 3 is 2.83 bits per heavy atom. The van der Waals surface area contributed by atoms with Gasteiger partial charge in [0.2, 0.25) is 0 Å². The first kappa shape index (κ1) is 20.4. The standard InChI is InChI=1S/C24H30N4O2/c1-3-4-15-27(24(29)18-9-7-12-20(16-18)30-2)17-22-26-21-13-8-14-25-23(21)28(22)19-10-5-6-11-19/h7-9,12-14,16,19H,3-6,10-11,15,17H2,1-2H3. The topological polar surface area (TPSA) is 60.2 Å². The van der Waals surface area contributed by atoms with E-state index >= 15 is 0 Å². The van der Waals surface area contributed by atoms with Gasteiger partial charge in [0, 0.05) is 24.3 Å². The van der Waals surface area contributed by atoms with Crippen molar-refractivity contribution >= 4 is 17.1 Å². The van der Waals surface area contributed by atoms with Gasteiger partial charge in [0.05, 0.1) is 13.7 Å². The molecule has 1 amide bonds. The van der Waals surface area contributed by atoms with Gasteiger partial charge in [-0.1, -0.05) is 32.3 Å². The Morgan fingerprint density at radius 1 is 1.23 bits per heavy atom. The number of unbranched alkanes of at least 4 members (excludes halogenated alkanes) is 1. The van der Waals surface area contributed by atoms with Crippen molar-refractivity contribution in [3.05, 3.63) is 54.0 Å². The SMILES string of the molecule is CCCCN(Cc1nc2cccnc2n1C1CCCC1)C(=O)c1cccc(OC)c1. The second-order valence-corrected chi connectivity index (χ2v) is 7.99. The summed E-state index contributed by atoms with van der Waals surface area (Å²) in [4.78, 5) is 24.8. The number of hydrogen-bond donors (Lipinski definition) is 0. The third-order valence-electron chi connectivity index (χ3n) is 5.93. The van der Waals surface area contributed by atoms with E-state index < -0.39 is 0 Å². The largest absolute Gasteiger partial charge is 0.497 e. The van der Waals surface area contributed by atoms with Crippen molar-refractivity contribution in [2.75, 3.05) is 13.7 Å². The van der Waals surface area contributed by atoms with Gasteiger partial charge in [0.25, 0.3) is 5.91 Å². The molecule has 0 unspecified atom stereocenters. The molecule has 3 aromatic rings. The summed E-state index contributed by atoms with van der Waals surface area (Å²) in [7, 11) is 1.62. The second kappa shape index (κ2) is 9.28. The summed E-state index contributed by atoms with van der Waals surface area (Å²) in [6.45, 7) is 3.34. The number of pyridine rings is 1. The number of nitrogens with zero attached hydrogens (tertiary/aromatic N) is 4. The van der Waals surface area contributed by atoms with Gasteiger partial charge in [-0.05, 0) is 49.6 Å². The summed E-state index contributed by atoms with van der Waals surface area (Å²) in [5, 5.41) is 0. The van der Waals surface area contributed by atoms with E-state index in [2.05, 4.69) is 16.5 Å². The Hall–Kier alpha value is -2.89. The number of rotatable bonds is 8. The molecule has 158 valence electrons. The molecule has 0 radical (unpaired) electrons. The molecule has 0 spiro atoms. The third kappa shape index (κ3) is 4.18. The Bertz CT molecular complexity index is 1010. The molecule has 0 bridgehead atoms. The summed E-state index contributed by atoms with van der Waals surface area (Å²) in [6.07, 6.45) is 8.58. The molecule has 2 heterocycles. The van der Waals surface area contributed by atoms with E-state index in [1.54, 1.807) is 7.11 Å². The van der Waals surface area contributed by atoms with E-state index in [-0.39, 0.29) is 5.91 Å². The van der Waals surface area contributed by atoms with Gasteiger partial charge in [-0.15, -0.1) is 0 Å². The Morgan fingerprint density at radius 2 is 2.07 bits per heavy atom. The van der Waals surface area contributed by atoms with E-state index in [4.69, 9.17) is 9.72 Å². The molecule has 4 rings (SSSR count). The number of imidazole rings is 1. The number of benzene rings is 1. The molecule has 1 aromatic carbocycles. The Labute approximate surface area is 177 Å². The maximum Gasteiger partial charge on any atom is 0.254 e. The van der Waals surface area contributed by atoms with Crippen LogP contribution in [0.4, 0.5) is 0 Å². The molecule has 1 aliphatic carbocycles. The molecule has 6 nitrogen and oxygen atoms in total. The number of fused-ring (bicyclic) bond motifs is 1. The minimum Gasteiger partial charge on any atom is -0.497 e. The summed E-state index contributed by atoms with van der Waals surface area (Å²) in [5.41, 5.74) is 2.49. The van der Waals surface area contributed by atoms with Crippen LogP contribution in [0.5, 0.6) is 5.75 Å². The maximum atomic E-state index is 13.4. The normalized spacial score (nSPS) is 14.3. The van der Waals surface area contributed by atoms with Crippen molar-refractivity contribution in [1.29, 1.82) is 0 Å². The highest BCUT2D eigenvalue weighted by Gasteiger charge is 2.26. The first-order chi connectivity index (χ1) is 14.7. The lowest BCUT2D eigenvalue weighted by Crippen LogP contribution is -2.33. The van der Waals surface area contributed by atoms with Crippen LogP contribution in [-0.4, -0.2) is 39.0 Å². The monoisotopic (exact) mass is 406 g/mol. The summed E-state index contributed by atoms with van der Waals surface area (Å²) >= 11 is 0. The van der Waals surface area contributed by atoms with Crippen molar-refractivity contribution in [3.8, 4) is 5.75 Å². The molecule has 30 heavy (non-hydrogen) atoms. The average molecular weight is 407 g/mol. The zero-order chi connectivity index (χ0) is 20.9. The first-order valence-corrected chi connectivity index (χ1v) is 11.0. The molecule has 0 saturated heterocycles. The highest BCUT2D eigenvalue weighted by molar-refractivity contribution is 5.94. The lowest BCUT2D eigenvalue weighted by molar-refractivity contribution is 0.0733. The third-order valence-corrected chi connectivity index (χ3v) is 5.93. The van der Waals surface area contributed by atoms with Crippen molar-refractivity contribution in [2.45, 2.75) is 58.0 Å². The van der Waals surface area contributed by atoms with Crippen LogP contribution in [-0.2, 0) is 6.54 Å². The average Bonchev–Trinajstić information content (AvgIpc) is 3.43. The predicted molar refractivity (Wildman–Crippen MR) is 118 cm³/mol. The van der Waals surface area contributed by atoms with Crippen LogP contribution in [0.25, 0.3) is 11.2 Å². The Balaban J connectivity index is 1.68. The summed E-state index contributed by atoms with van der Waals surface area (Å²) in [6, 6.07) is 11.7. The first-order valence-electron chi connectivity index (χ1n) is 11.0. The zero-order valence-corrected chi connectivity index (χ0v) is 17.9. The van der Waals surface area contributed by atoms with Crippen LogP contribution in [0.3, 0.4) is 0 Å². The van der Waals surface area contributed by atoms with Crippen LogP contribution < -0.4 is 4.74 Å². The second-order valence-electron chi connectivity index (χ2n) is 7.99. The van der Waals surface area contributed by atoms with Crippen LogP contribution in [0.1, 0.15) is 67.7 Å². The fraction of sp³-hybridized carbons (Fsp3) is 0.458. The lowest BCUT2D eigenvalue weighted by atomic mass is 10.1. The minimum atomic E-state index is 0.0142. The fourth-order valence-electron chi connectivity index (χ4n) is 4.34. The molecule has 0 aliphatic heterocycles. The molecule has 1 fully saturated rings. The molecule has 0 N–H and O–H groups in total. The van der Waals surface area contributed by atoms with Crippen LogP contribution in [0, 0.1) is 0 Å². The molecule has 1 saturated carbocycles. The van der Waals surface area contributed by atoms with Crippen molar-refractivity contribution < 1.29 is 9.53 Å². The zero-order valence-electron chi connectivity index (χ0n) is 17.9. The van der Waals surface area contributed by atoms with Gasteiger partial charge >= 0.3 is 0 Å². The number of aromatic nitrogens is 3. The number of carbonyl (C=O) groups is 1. The maximum absolute atomic E-state index is 13.4. The molecule has 6 heteroatoms. The van der Waals surface area contributed by atoms with Crippen LogP contribution in [0.2, 0.25) is 0 Å². The van der Waals surface area contributed by atoms with E-state index in [1.807, 2.05) is 47.5 Å². The minimum absolute atomic E-state index is 0.0142. The van der Waals surface area contributed by atoms with Crippen molar-refractivity contribution in [3.63, 3.8) is 0 Å². The molecular weight excluding hydrogens is 376 g/mol. The van der Waals surface area contributed by atoms with Gasteiger partial charge in [-0.25, -0.2) is 9.97 Å². The van der Waals surface area contributed by atoms with Gasteiger partial charge in [0.1, 0.15) is 17.1 Å². The van der Waals surface area contributed by atoms with E-state index in [0.717, 1.165) is 42.7 Å². The van der Waals surface area contributed by atoms with Crippen LogP contribution >= 0.6 is 0 Å². The smallest absolute Gasteiger partial charge is 0.254 e. The quantitative estimate of drug-likeness (QED) is 0.528. The van der Waals surface area contributed by atoms with Gasteiger partial charge in [-0.2, -0.15) is 0 Å². The highest BCUT2D eigenvalue weighted by Crippen LogP contribution is 2.33. The van der Waals surface area contributed by atoms with Crippen molar-refractivity contribution in [2.24, 2.45) is 0 Å². The number of methoxy groups -OCH3 is 1. The summed E-state index contributed by atoms with van der Waals surface area (Å²) in [5.74, 6) is 1.64. The number of carbonyl (C=O) groups excluding carboxylic acids is 1. The highest BCUT2D eigenvalue weighted by atomic mass is 16.5. The van der Waals surface area contributed by atoms with Crippen LogP contribution in [0.15, 0.2) is 42.6 Å². The molecular formula is C24H30N4O2. The van der Waals surface area contributed by atoms with Gasteiger partial charge in [-0.3, -0.25) is 4.79 Å². The van der Waals surface area contributed by atoms with E-state index in [0.29, 0.717) is 30.4 Å². The predicted octanol–water partition coefficient (Wildman–Crippen LogP) is 5.00. The Kier molecular flexibility index (Phi) is 6.31.